The zero-order chi connectivity index (χ0) is 18.7. The summed E-state index contributed by atoms with van der Waals surface area (Å²) in [6.07, 6.45) is 4.78. The summed E-state index contributed by atoms with van der Waals surface area (Å²) in [5.41, 5.74) is 0.922. The van der Waals surface area contributed by atoms with Crippen molar-refractivity contribution in [1.82, 2.24) is 19.6 Å². The van der Waals surface area contributed by atoms with E-state index in [-0.39, 0.29) is 11.4 Å². The maximum absolute atomic E-state index is 12.4. The molecule has 3 rings (SSSR count). The highest BCUT2D eigenvalue weighted by Gasteiger charge is 2.25. The molecular formula is C16H15BrN6O3. The predicted octanol–water partition coefficient (Wildman–Crippen LogP) is 3.07. The number of carbonyl (C=O) groups is 1. The van der Waals surface area contributed by atoms with Crippen molar-refractivity contribution in [2.75, 3.05) is 5.32 Å². The molecule has 3 aromatic rings. The number of carbonyl (C=O) groups excluding carboxylic acids is 1. The molecular weight excluding hydrogens is 404 g/mol. The Kier molecular flexibility index (Phi) is 5.12. The van der Waals surface area contributed by atoms with Gasteiger partial charge in [0.1, 0.15) is 6.20 Å². The van der Waals surface area contributed by atoms with Gasteiger partial charge in [-0.3, -0.25) is 24.3 Å². The molecule has 2 aromatic heterocycles. The van der Waals surface area contributed by atoms with Gasteiger partial charge >= 0.3 is 5.69 Å². The van der Waals surface area contributed by atoms with E-state index in [1.807, 2.05) is 12.3 Å². The first kappa shape index (κ1) is 17.8. The van der Waals surface area contributed by atoms with Gasteiger partial charge in [0.15, 0.2) is 0 Å². The number of rotatable bonds is 6. The summed E-state index contributed by atoms with van der Waals surface area (Å²) < 4.78 is 3.98. The number of amides is 1. The molecule has 0 unspecified atom stereocenters. The van der Waals surface area contributed by atoms with Gasteiger partial charge < -0.3 is 5.32 Å². The van der Waals surface area contributed by atoms with Crippen LogP contribution in [0.25, 0.3) is 0 Å². The molecule has 1 amide bonds. The monoisotopic (exact) mass is 418 g/mol. The van der Waals surface area contributed by atoms with E-state index in [0.717, 1.165) is 10.0 Å². The Morgan fingerprint density at radius 3 is 2.81 bits per heavy atom. The van der Waals surface area contributed by atoms with Gasteiger partial charge in [0, 0.05) is 18.4 Å². The molecule has 0 fully saturated rings. The molecule has 0 aliphatic rings. The molecule has 10 heteroatoms. The summed E-state index contributed by atoms with van der Waals surface area (Å²) >= 11 is 3.34. The lowest BCUT2D eigenvalue weighted by Gasteiger charge is -2.07. The Morgan fingerprint density at radius 1 is 1.35 bits per heavy atom. The minimum Gasteiger partial charge on any atom is -0.320 e. The minimum atomic E-state index is -0.622. The lowest BCUT2D eigenvalue weighted by Crippen LogP contribution is -2.15. The average molecular weight is 419 g/mol. The second kappa shape index (κ2) is 7.48. The van der Waals surface area contributed by atoms with Gasteiger partial charge in [-0.25, -0.2) is 0 Å². The van der Waals surface area contributed by atoms with Gasteiger partial charge in [-0.1, -0.05) is 12.1 Å². The number of nitrogens with zero attached hydrogens (tertiary/aromatic N) is 5. The van der Waals surface area contributed by atoms with Crippen molar-refractivity contribution in [3.63, 3.8) is 0 Å². The van der Waals surface area contributed by atoms with Crippen LogP contribution < -0.4 is 5.32 Å². The molecule has 0 atom stereocenters. The molecule has 0 aliphatic carbocycles. The second-order valence-electron chi connectivity index (χ2n) is 5.49. The molecule has 1 N–H and O–H groups in total. The Balaban J connectivity index is 1.78. The molecule has 0 saturated carbocycles. The largest absolute Gasteiger partial charge is 0.320 e. The zero-order valence-corrected chi connectivity index (χ0v) is 15.4. The molecule has 0 spiro atoms. The van der Waals surface area contributed by atoms with Crippen LogP contribution in [0.1, 0.15) is 23.0 Å². The number of halogens is 1. The maximum Gasteiger partial charge on any atom is 0.320 e. The van der Waals surface area contributed by atoms with Gasteiger partial charge in [-0.15, -0.1) is 0 Å². The number of hydrogen-bond acceptors (Lipinski definition) is 5. The third-order valence-corrected chi connectivity index (χ3v) is 4.02. The van der Waals surface area contributed by atoms with Crippen molar-refractivity contribution in [1.29, 1.82) is 0 Å². The van der Waals surface area contributed by atoms with E-state index in [9.17, 15) is 14.9 Å². The van der Waals surface area contributed by atoms with E-state index < -0.39 is 10.8 Å². The molecule has 2 heterocycles. The van der Waals surface area contributed by atoms with Gasteiger partial charge in [-0.2, -0.15) is 10.2 Å². The van der Waals surface area contributed by atoms with Crippen molar-refractivity contribution in [3.05, 3.63) is 68.7 Å². The highest BCUT2D eigenvalue weighted by molar-refractivity contribution is 9.10. The minimum absolute atomic E-state index is 0.210. The highest BCUT2D eigenvalue weighted by atomic mass is 79.9. The Hall–Kier alpha value is -3.01. The van der Waals surface area contributed by atoms with E-state index in [0.29, 0.717) is 18.8 Å². The average Bonchev–Trinajstić information content (AvgIpc) is 3.21. The maximum atomic E-state index is 12.4. The van der Waals surface area contributed by atoms with Crippen molar-refractivity contribution >= 4 is 33.2 Å². The number of aryl methyl sites for hydroxylation is 1. The lowest BCUT2D eigenvalue weighted by atomic mass is 10.2. The molecule has 0 bridgehead atoms. The summed E-state index contributed by atoms with van der Waals surface area (Å²) in [7, 11) is 0. The first-order valence-corrected chi connectivity index (χ1v) is 8.55. The summed E-state index contributed by atoms with van der Waals surface area (Å²) in [6, 6.07) is 7.20. The summed E-state index contributed by atoms with van der Waals surface area (Å²) in [5.74, 6) is -0.622. The third-order valence-electron chi connectivity index (χ3n) is 3.61. The normalized spacial score (nSPS) is 10.7. The van der Waals surface area contributed by atoms with Crippen molar-refractivity contribution < 1.29 is 9.72 Å². The van der Waals surface area contributed by atoms with Gasteiger partial charge in [0.25, 0.3) is 5.91 Å². The topological polar surface area (TPSA) is 108 Å². The van der Waals surface area contributed by atoms with Gasteiger partial charge in [0.05, 0.1) is 22.1 Å². The van der Waals surface area contributed by atoms with Crippen LogP contribution in [-0.4, -0.2) is 30.4 Å². The molecule has 0 aliphatic heterocycles. The molecule has 26 heavy (non-hydrogen) atoms. The van der Waals surface area contributed by atoms with E-state index in [1.165, 1.54) is 10.9 Å². The number of anilines is 1. The van der Waals surface area contributed by atoms with Gasteiger partial charge in [0.2, 0.25) is 5.69 Å². The van der Waals surface area contributed by atoms with E-state index in [4.69, 9.17) is 0 Å². The quantitative estimate of drug-likeness (QED) is 0.488. The number of hydrogen-bond donors (Lipinski definition) is 1. The Bertz CT molecular complexity index is 965. The fourth-order valence-corrected chi connectivity index (χ4v) is 2.75. The van der Waals surface area contributed by atoms with Crippen LogP contribution in [-0.2, 0) is 13.1 Å². The fourth-order valence-electron chi connectivity index (χ4n) is 2.42. The Labute approximate surface area is 156 Å². The summed E-state index contributed by atoms with van der Waals surface area (Å²) in [6.45, 7) is 2.75. The van der Waals surface area contributed by atoms with Crippen LogP contribution in [0.15, 0.2) is 47.3 Å². The van der Waals surface area contributed by atoms with E-state index >= 15 is 0 Å². The first-order valence-electron chi connectivity index (χ1n) is 7.76. The first-order chi connectivity index (χ1) is 12.5. The van der Waals surface area contributed by atoms with Crippen molar-refractivity contribution in [3.8, 4) is 0 Å². The lowest BCUT2D eigenvalue weighted by molar-refractivity contribution is -0.385. The van der Waals surface area contributed by atoms with E-state index in [1.54, 1.807) is 36.0 Å². The van der Waals surface area contributed by atoms with Crippen LogP contribution in [0.2, 0.25) is 0 Å². The highest BCUT2D eigenvalue weighted by Crippen LogP contribution is 2.19. The van der Waals surface area contributed by atoms with Crippen LogP contribution in [0.3, 0.4) is 0 Å². The number of benzene rings is 1. The number of nitrogens with one attached hydrogen (secondary N) is 1. The van der Waals surface area contributed by atoms with Crippen molar-refractivity contribution in [2.24, 2.45) is 0 Å². The molecule has 9 nitrogen and oxygen atoms in total. The summed E-state index contributed by atoms with van der Waals surface area (Å²) in [4.78, 5) is 22.9. The Morgan fingerprint density at radius 2 is 2.15 bits per heavy atom. The molecule has 0 saturated heterocycles. The molecule has 0 radical (unpaired) electrons. The molecule has 134 valence electrons. The second-order valence-corrected chi connectivity index (χ2v) is 6.40. The zero-order valence-electron chi connectivity index (χ0n) is 13.8. The van der Waals surface area contributed by atoms with Crippen molar-refractivity contribution in [2.45, 2.75) is 20.0 Å². The smallest absolute Gasteiger partial charge is 0.320 e. The predicted molar refractivity (Wildman–Crippen MR) is 98.0 cm³/mol. The van der Waals surface area contributed by atoms with Crippen LogP contribution in [0.5, 0.6) is 0 Å². The summed E-state index contributed by atoms with van der Waals surface area (Å²) in [5, 5.41) is 22.0. The standard InChI is InChI=1S/C16H15BrN6O3/c1-2-21-10-14(23(25)26)15(20-21)16(24)19-13-5-3-4-11(6-13)8-22-9-12(17)7-18-22/h3-7,9-10H,2,8H2,1H3,(H,19,24). The van der Waals surface area contributed by atoms with Gasteiger partial charge in [-0.05, 0) is 40.5 Å². The van der Waals surface area contributed by atoms with E-state index in [2.05, 4.69) is 31.4 Å². The number of nitro groups is 1. The fraction of sp³-hybridized carbons (Fsp3) is 0.188. The van der Waals surface area contributed by atoms with Crippen LogP contribution in [0, 0.1) is 10.1 Å². The SMILES string of the molecule is CCn1cc([N+](=O)[O-])c(C(=O)Nc2cccc(Cn3cc(Br)cn3)c2)n1. The molecule has 1 aromatic carbocycles. The van der Waals surface area contributed by atoms with Crippen LogP contribution >= 0.6 is 15.9 Å². The third kappa shape index (κ3) is 3.97. The number of aromatic nitrogens is 4. The van der Waals surface area contributed by atoms with Crippen LogP contribution in [0.4, 0.5) is 11.4 Å².